The molecule has 105 heavy (non-hydrogen) atoms. The van der Waals surface area contributed by atoms with E-state index in [-0.39, 0.29) is 62.5 Å². The number of carboxylic acids is 6. The second-order valence-corrected chi connectivity index (χ2v) is 25.7. The number of carbonyl (C=O) groups excluding carboxylic acids is 9. The fourth-order valence-corrected chi connectivity index (χ4v) is 12.1. The summed E-state index contributed by atoms with van der Waals surface area (Å²) in [5.74, 6) is -9.47. The van der Waals surface area contributed by atoms with E-state index in [1.165, 1.54) is 6.92 Å². The number of ether oxygens (including phenoxy) is 2. The van der Waals surface area contributed by atoms with E-state index in [0.29, 0.717) is 69.3 Å². The summed E-state index contributed by atoms with van der Waals surface area (Å²) < 4.78 is 11.2. The molecule has 33 nitrogen and oxygen atoms in total. The molecule has 8 amide bonds. The molecule has 0 saturated heterocycles. The number of rotatable bonds is 43. The quantitative estimate of drug-likeness (QED) is 0.0167. The minimum absolute atomic E-state index is 0.0626. The smallest absolute Gasteiger partial charge is 0.407 e. The van der Waals surface area contributed by atoms with E-state index in [4.69, 9.17) is 45.3 Å². The second kappa shape index (κ2) is 46.1. The number of hydrogen-bond acceptors (Lipinski definition) is 21. The average Bonchev–Trinajstić information content (AvgIpc) is 1.63. The van der Waals surface area contributed by atoms with Crippen LogP contribution in [0.5, 0.6) is 0 Å². The van der Waals surface area contributed by atoms with Gasteiger partial charge in [-0.15, -0.1) is 0 Å². The summed E-state index contributed by atoms with van der Waals surface area (Å²) in [5.41, 5.74) is 8.57. The van der Waals surface area contributed by atoms with Gasteiger partial charge in [0.15, 0.2) is 5.12 Å². The van der Waals surface area contributed by atoms with E-state index in [1.807, 2.05) is 108 Å². The van der Waals surface area contributed by atoms with Crippen molar-refractivity contribution < 1.29 is 117 Å². The molecule has 17 N–H and O–H groups in total. The number of aliphatic carboxylic acids is 6. The molecule has 0 heterocycles. The molecule has 6 rings (SSSR count). The van der Waals surface area contributed by atoms with E-state index >= 15 is 0 Å². The number of carbonyl (C=O) groups is 15. The summed E-state index contributed by atoms with van der Waals surface area (Å²) in [4.78, 5) is 180. The first kappa shape index (κ1) is 86.8. The van der Waals surface area contributed by atoms with E-state index in [2.05, 4.69) is 50.4 Å². The van der Waals surface area contributed by atoms with Gasteiger partial charge in [-0.2, -0.15) is 12.6 Å². The Morgan fingerprint density at radius 2 is 0.733 bits per heavy atom. The van der Waals surface area contributed by atoms with Crippen LogP contribution < -0.4 is 48.4 Å². The van der Waals surface area contributed by atoms with Crippen LogP contribution >= 0.6 is 24.4 Å². The number of carboxylic acid groups (broad SMARTS) is 6. The summed E-state index contributed by atoms with van der Waals surface area (Å²) >= 11 is 5.33. The molecule has 4 aromatic carbocycles. The molecule has 2 aliphatic rings. The molecule has 6 unspecified atom stereocenters. The van der Waals surface area contributed by atoms with Gasteiger partial charge in [-0.1, -0.05) is 122 Å². The lowest BCUT2D eigenvalue weighted by molar-refractivity contribution is -0.148. The maximum atomic E-state index is 13.1. The van der Waals surface area contributed by atoms with Crippen LogP contribution in [-0.2, 0) is 71.8 Å². The van der Waals surface area contributed by atoms with Crippen LogP contribution in [0.4, 0.5) is 9.59 Å². The summed E-state index contributed by atoms with van der Waals surface area (Å²) in [6.07, 6.45) is -1.19. The van der Waals surface area contributed by atoms with Crippen LogP contribution in [0.3, 0.4) is 0 Å². The standard InChI is InChI=1S/C36H44N4O12S.C34H42N4O11S.H3NO/c1-21(41)53-17-9-14-27(40-36(51)52-20-26-24-12-6-4-10-22(24)23-11-5-7-13-25(23)26)33(47)37-16-8-2-3-15-30(42)38-28(18-31(43)44)34(48)39-29(35(49)50)19-32(45)46;39-28(36-26(17-29(40)41)32(45)37-27(33(46)47)18-30(42)43)14-2-1-7-15-35-31(44)25(13-8-16-50)38-34(48)49-19-24-22-11-5-3-9-20(22)21-10-4-6-12-23(21)24;1-2/h4-7,10-13,26-29H,2-3,8-9,14-20H2,1H3,(H,37,47)(H,38,42)(H,39,48)(H,40,51)(H,43,44)(H,45,46)(H,49,50);3-6,9-12,24-27,50H,1-2,7-8,13-19H2,(H,35,44)(H,36,39)(H,37,45)(H,38,48)(H,40,41)(H,42,43)(H,46,47);2H,1H2. The van der Waals surface area contributed by atoms with Gasteiger partial charge in [-0.05, 0) is 102 Å². The molecule has 0 bridgehead atoms. The molecule has 0 aromatic heterocycles. The molecule has 570 valence electrons. The number of nitrogens with one attached hydrogen (secondary N) is 8. The summed E-state index contributed by atoms with van der Waals surface area (Å²) in [5, 5.41) is 79.9. The van der Waals surface area contributed by atoms with Crippen LogP contribution in [0.15, 0.2) is 97.1 Å². The van der Waals surface area contributed by atoms with Gasteiger partial charge in [0.1, 0.15) is 49.5 Å². The Morgan fingerprint density at radius 1 is 0.410 bits per heavy atom. The van der Waals surface area contributed by atoms with Crippen molar-refractivity contribution in [1.29, 1.82) is 0 Å². The van der Waals surface area contributed by atoms with Gasteiger partial charge in [-0.25, -0.2) is 25.1 Å². The fraction of sp³-hybridized carbons (Fsp3) is 0.443. The van der Waals surface area contributed by atoms with Crippen molar-refractivity contribution in [2.24, 2.45) is 5.90 Å². The number of amides is 8. The topological polar surface area (TPSA) is 538 Å². The van der Waals surface area contributed by atoms with E-state index < -0.39 is 145 Å². The monoisotopic (exact) mass is 1500 g/mol. The molecule has 2 aliphatic carbocycles. The second-order valence-electron chi connectivity index (χ2n) is 24.0. The van der Waals surface area contributed by atoms with Crippen molar-refractivity contribution in [3.8, 4) is 22.3 Å². The first-order valence-electron chi connectivity index (χ1n) is 33.5. The molecule has 0 spiro atoms. The Balaban J connectivity index is 0.000000435. The predicted octanol–water partition coefficient (Wildman–Crippen LogP) is 4.25. The van der Waals surface area contributed by atoms with E-state index in [0.717, 1.165) is 56.3 Å². The molecule has 35 heteroatoms. The zero-order chi connectivity index (χ0) is 77.5. The number of alkyl carbamates (subject to hydrolysis) is 2. The molecular weight excluding hydrogens is 1410 g/mol. The number of hydrogen-bond donors (Lipinski definition) is 17. The van der Waals surface area contributed by atoms with Crippen LogP contribution in [0, 0.1) is 0 Å². The molecular formula is C70H89N9O24S2. The highest BCUT2D eigenvalue weighted by atomic mass is 32.2. The first-order chi connectivity index (χ1) is 50.2. The van der Waals surface area contributed by atoms with Gasteiger partial charge < -0.3 is 87.9 Å². The Morgan fingerprint density at radius 3 is 1.05 bits per heavy atom. The first-order valence-corrected chi connectivity index (χ1v) is 35.1. The maximum Gasteiger partial charge on any atom is 0.407 e. The molecule has 0 radical (unpaired) electrons. The average molecular weight is 1500 g/mol. The number of unbranched alkanes of at least 4 members (excludes halogenated alkanes) is 4. The highest BCUT2D eigenvalue weighted by molar-refractivity contribution is 8.13. The van der Waals surface area contributed by atoms with E-state index in [1.54, 1.807) is 0 Å². The lowest BCUT2D eigenvalue weighted by atomic mass is 9.98. The number of thioether (sulfide) groups is 1. The Hall–Kier alpha value is -10.7. The Labute approximate surface area is 613 Å². The normalized spacial score (nSPS) is 13.2. The van der Waals surface area contributed by atoms with Gasteiger partial charge in [0.2, 0.25) is 35.4 Å². The number of fused-ring (bicyclic) bond motifs is 6. The van der Waals surface area contributed by atoms with Crippen molar-refractivity contribution in [3.63, 3.8) is 0 Å². The largest absolute Gasteiger partial charge is 0.481 e. The van der Waals surface area contributed by atoms with Crippen LogP contribution in [0.25, 0.3) is 22.3 Å². The van der Waals surface area contributed by atoms with Gasteiger partial charge >= 0.3 is 48.0 Å². The third-order valence-electron chi connectivity index (χ3n) is 16.3. The van der Waals surface area contributed by atoms with Crippen molar-refractivity contribution in [1.82, 2.24) is 42.5 Å². The van der Waals surface area contributed by atoms with Crippen LogP contribution in [-0.4, -0.2) is 198 Å². The highest BCUT2D eigenvalue weighted by Gasteiger charge is 2.35. The highest BCUT2D eigenvalue weighted by Crippen LogP contribution is 2.46. The van der Waals surface area contributed by atoms with Crippen molar-refractivity contribution in [3.05, 3.63) is 119 Å². The van der Waals surface area contributed by atoms with Crippen LogP contribution in [0.2, 0.25) is 0 Å². The van der Waals surface area contributed by atoms with Gasteiger partial charge in [-0.3, -0.25) is 52.7 Å². The maximum absolute atomic E-state index is 13.1. The van der Waals surface area contributed by atoms with E-state index in [9.17, 15) is 71.9 Å². The summed E-state index contributed by atoms with van der Waals surface area (Å²) in [7, 11) is 0. The lowest BCUT2D eigenvalue weighted by Gasteiger charge is -2.20. The van der Waals surface area contributed by atoms with Crippen LogP contribution in [0.1, 0.15) is 144 Å². The predicted molar refractivity (Wildman–Crippen MR) is 380 cm³/mol. The van der Waals surface area contributed by atoms with Gasteiger partial charge in [0.05, 0.1) is 25.7 Å². The Bertz CT molecular complexity index is 3600. The summed E-state index contributed by atoms with van der Waals surface area (Å²) in [6.45, 7) is 2.06. The van der Waals surface area contributed by atoms with Crippen molar-refractivity contribution in [2.45, 2.75) is 158 Å². The zero-order valence-electron chi connectivity index (χ0n) is 57.4. The van der Waals surface area contributed by atoms with Gasteiger partial charge in [0.25, 0.3) is 0 Å². The number of nitrogens with two attached hydrogens (primary N) is 1. The molecule has 0 aliphatic heterocycles. The SMILES string of the molecule is CC(=O)SCCCC(NC(=O)OCC1c2ccccc2-c2ccccc21)C(=O)NCCCCCC(=O)NC(CC(=O)O)C(=O)NC(CC(=O)O)C(=O)O.NO.O=C(O)CC(NC(=O)C(CC(=O)O)NC(=O)CCCCCNC(=O)C(CCCS)NC(=O)OCC1c2ccccc2-c2ccccc21)C(=O)O. The summed E-state index contributed by atoms with van der Waals surface area (Å²) in [6, 6.07) is 23.0. The van der Waals surface area contributed by atoms with Crippen molar-refractivity contribution >= 4 is 113 Å². The number of thiol groups is 1. The third-order valence-corrected chi connectivity index (χ3v) is 17.5. The molecule has 6 atom stereocenters. The molecule has 0 fully saturated rings. The third kappa shape index (κ3) is 30.3. The lowest BCUT2D eigenvalue weighted by Crippen LogP contribution is -2.52. The minimum Gasteiger partial charge on any atom is -0.481 e. The minimum atomic E-state index is -1.82. The van der Waals surface area contributed by atoms with Crippen molar-refractivity contribution in [2.75, 3.05) is 37.8 Å². The molecule has 0 saturated carbocycles. The number of benzene rings is 4. The Kier molecular flexibility index (Phi) is 38.1. The zero-order valence-corrected chi connectivity index (χ0v) is 59.1. The fourth-order valence-electron chi connectivity index (χ4n) is 11.3. The molecule has 4 aromatic rings. The van der Waals surface area contributed by atoms with Gasteiger partial charge in [0, 0.05) is 50.4 Å².